The third-order valence-electron chi connectivity index (χ3n) is 3.35. The number of carbonyl (C=O) groups excluding carboxylic acids is 1. The number of nitrogens with two attached hydrogens (primary N) is 1. The van der Waals surface area contributed by atoms with Crippen LogP contribution in [0.25, 0.3) is 0 Å². The zero-order chi connectivity index (χ0) is 12.3. The fourth-order valence-electron chi connectivity index (χ4n) is 2.13. The first-order chi connectivity index (χ1) is 8.15. The maximum absolute atomic E-state index is 11.9. The van der Waals surface area contributed by atoms with Crippen molar-refractivity contribution >= 4 is 11.6 Å². The fourth-order valence-corrected chi connectivity index (χ4v) is 2.13. The van der Waals surface area contributed by atoms with Crippen molar-refractivity contribution < 1.29 is 4.79 Å². The molecule has 1 aliphatic rings. The fraction of sp³-hybridized carbons (Fsp3) is 0.667. The molecule has 5 heteroatoms. The Bertz CT molecular complexity index is 388. The van der Waals surface area contributed by atoms with E-state index in [-0.39, 0.29) is 5.91 Å². The van der Waals surface area contributed by atoms with E-state index in [4.69, 9.17) is 5.73 Å². The van der Waals surface area contributed by atoms with Crippen LogP contribution in [0, 0.1) is 5.92 Å². The molecule has 2 rings (SSSR count). The number of nitrogen functional groups attached to an aromatic ring is 1. The maximum atomic E-state index is 11.9. The summed E-state index contributed by atoms with van der Waals surface area (Å²) in [5, 5.41) is 4.12. The van der Waals surface area contributed by atoms with Gasteiger partial charge in [-0.15, -0.1) is 0 Å². The Morgan fingerprint density at radius 3 is 3.00 bits per heavy atom. The molecule has 0 saturated carbocycles. The second-order valence-electron chi connectivity index (χ2n) is 4.85. The Morgan fingerprint density at radius 1 is 1.47 bits per heavy atom. The van der Waals surface area contributed by atoms with Crippen molar-refractivity contribution in [1.82, 2.24) is 14.7 Å². The third kappa shape index (κ3) is 3.22. The molecule has 1 aromatic heterocycles. The standard InChI is InChI=1S/C12H20N4O/c1-10-2-3-12(17)15(5-4-10)6-7-16-9-11(13)8-14-16/h8-10H,2-7,13H2,1H3. The van der Waals surface area contributed by atoms with Crippen LogP contribution in [-0.2, 0) is 11.3 Å². The lowest BCUT2D eigenvalue weighted by Gasteiger charge is -2.20. The van der Waals surface area contributed by atoms with Crippen molar-refractivity contribution in [2.75, 3.05) is 18.8 Å². The predicted molar refractivity (Wildman–Crippen MR) is 66.2 cm³/mol. The minimum atomic E-state index is 0.273. The number of carbonyl (C=O) groups is 1. The van der Waals surface area contributed by atoms with Crippen molar-refractivity contribution in [3.05, 3.63) is 12.4 Å². The highest BCUT2D eigenvalue weighted by molar-refractivity contribution is 5.76. The number of nitrogens with zero attached hydrogens (tertiary/aromatic N) is 3. The number of aromatic nitrogens is 2. The first-order valence-corrected chi connectivity index (χ1v) is 6.21. The molecule has 0 radical (unpaired) electrons. The second kappa shape index (κ2) is 5.21. The van der Waals surface area contributed by atoms with Crippen LogP contribution in [-0.4, -0.2) is 33.7 Å². The van der Waals surface area contributed by atoms with Gasteiger partial charge in [0.2, 0.25) is 5.91 Å². The number of anilines is 1. The molecule has 0 spiro atoms. The number of hydrogen-bond donors (Lipinski definition) is 1. The van der Waals surface area contributed by atoms with Crippen LogP contribution in [0.4, 0.5) is 5.69 Å². The number of rotatable bonds is 3. The van der Waals surface area contributed by atoms with E-state index in [1.807, 2.05) is 4.90 Å². The predicted octanol–water partition coefficient (Wildman–Crippen LogP) is 1.11. The van der Waals surface area contributed by atoms with Crippen LogP contribution in [0.5, 0.6) is 0 Å². The molecule has 1 unspecified atom stereocenters. The normalized spacial score (nSPS) is 21.6. The molecule has 1 aromatic rings. The molecule has 1 amide bonds. The van der Waals surface area contributed by atoms with Crippen LogP contribution in [0.1, 0.15) is 26.2 Å². The van der Waals surface area contributed by atoms with Gasteiger partial charge in [0.05, 0.1) is 18.4 Å². The zero-order valence-electron chi connectivity index (χ0n) is 10.3. The summed E-state index contributed by atoms with van der Waals surface area (Å²) in [6.07, 6.45) is 6.23. The summed E-state index contributed by atoms with van der Waals surface area (Å²) in [5.41, 5.74) is 6.26. The van der Waals surface area contributed by atoms with Gasteiger partial charge < -0.3 is 10.6 Å². The monoisotopic (exact) mass is 236 g/mol. The van der Waals surface area contributed by atoms with Crippen molar-refractivity contribution in [3.8, 4) is 0 Å². The van der Waals surface area contributed by atoms with E-state index in [0.717, 1.165) is 32.5 Å². The molecule has 2 heterocycles. The van der Waals surface area contributed by atoms with E-state index in [1.54, 1.807) is 17.1 Å². The van der Waals surface area contributed by atoms with Gasteiger partial charge in [0.15, 0.2) is 0 Å². The van der Waals surface area contributed by atoms with Gasteiger partial charge in [-0.3, -0.25) is 9.48 Å². The summed E-state index contributed by atoms with van der Waals surface area (Å²) in [6.45, 7) is 4.53. The summed E-state index contributed by atoms with van der Waals surface area (Å²) in [4.78, 5) is 13.8. The SMILES string of the molecule is CC1CCC(=O)N(CCn2cc(N)cn2)CC1. The molecule has 2 N–H and O–H groups in total. The van der Waals surface area contributed by atoms with E-state index in [0.29, 0.717) is 18.0 Å². The molecule has 94 valence electrons. The maximum Gasteiger partial charge on any atom is 0.222 e. The molecule has 1 saturated heterocycles. The first-order valence-electron chi connectivity index (χ1n) is 6.21. The van der Waals surface area contributed by atoms with Gasteiger partial charge in [0.25, 0.3) is 0 Å². The Hall–Kier alpha value is -1.52. The summed E-state index contributed by atoms with van der Waals surface area (Å²) < 4.78 is 1.79. The average molecular weight is 236 g/mol. The Labute approximate surface area is 102 Å². The van der Waals surface area contributed by atoms with E-state index in [1.165, 1.54) is 0 Å². The van der Waals surface area contributed by atoms with Crippen LogP contribution < -0.4 is 5.73 Å². The van der Waals surface area contributed by atoms with Gasteiger partial charge in [-0.05, 0) is 18.8 Å². The number of likely N-dealkylation sites (tertiary alicyclic amines) is 1. The molecule has 1 atom stereocenters. The van der Waals surface area contributed by atoms with Crippen LogP contribution >= 0.6 is 0 Å². The molecular formula is C12H20N4O. The van der Waals surface area contributed by atoms with E-state index in [9.17, 15) is 4.79 Å². The minimum absolute atomic E-state index is 0.273. The largest absolute Gasteiger partial charge is 0.396 e. The molecule has 1 fully saturated rings. The Balaban J connectivity index is 1.87. The van der Waals surface area contributed by atoms with Gasteiger partial charge in [-0.25, -0.2) is 0 Å². The highest BCUT2D eigenvalue weighted by Gasteiger charge is 2.19. The summed E-state index contributed by atoms with van der Waals surface area (Å²) in [7, 11) is 0. The number of amides is 1. The lowest BCUT2D eigenvalue weighted by atomic mass is 10.0. The zero-order valence-corrected chi connectivity index (χ0v) is 10.3. The summed E-state index contributed by atoms with van der Waals surface area (Å²) in [6, 6.07) is 0. The van der Waals surface area contributed by atoms with Gasteiger partial charge in [0, 0.05) is 25.7 Å². The summed E-state index contributed by atoms with van der Waals surface area (Å²) in [5.74, 6) is 0.929. The van der Waals surface area contributed by atoms with E-state index >= 15 is 0 Å². The minimum Gasteiger partial charge on any atom is -0.396 e. The average Bonchev–Trinajstić information content (AvgIpc) is 2.64. The molecular weight excluding hydrogens is 216 g/mol. The third-order valence-corrected chi connectivity index (χ3v) is 3.35. The van der Waals surface area contributed by atoms with E-state index in [2.05, 4.69) is 12.0 Å². The molecule has 0 bridgehead atoms. The van der Waals surface area contributed by atoms with Gasteiger partial charge in [0.1, 0.15) is 0 Å². The smallest absolute Gasteiger partial charge is 0.222 e. The van der Waals surface area contributed by atoms with Crippen molar-refractivity contribution in [2.45, 2.75) is 32.7 Å². The van der Waals surface area contributed by atoms with Crippen LogP contribution in [0.15, 0.2) is 12.4 Å². The lowest BCUT2D eigenvalue weighted by Crippen LogP contribution is -2.33. The highest BCUT2D eigenvalue weighted by atomic mass is 16.2. The van der Waals surface area contributed by atoms with Crippen LogP contribution in [0.2, 0.25) is 0 Å². The molecule has 1 aliphatic heterocycles. The van der Waals surface area contributed by atoms with Crippen molar-refractivity contribution in [3.63, 3.8) is 0 Å². The molecule has 0 aromatic carbocycles. The topological polar surface area (TPSA) is 64.2 Å². The van der Waals surface area contributed by atoms with Gasteiger partial charge in [-0.2, -0.15) is 5.10 Å². The van der Waals surface area contributed by atoms with Crippen molar-refractivity contribution in [2.24, 2.45) is 5.92 Å². The number of hydrogen-bond acceptors (Lipinski definition) is 3. The Morgan fingerprint density at radius 2 is 2.29 bits per heavy atom. The van der Waals surface area contributed by atoms with Gasteiger partial charge in [-0.1, -0.05) is 6.92 Å². The van der Waals surface area contributed by atoms with E-state index < -0.39 is 0 Å². The molecule has 5 nitrogen and oxygen atoms in total. The molecule has 17 heavy (non-hydrogen) atoms. The van der Waals surface area contributed by atoms with Crippen molar-refractivity contribution in [1.29, 1.82) is 0 Å². The van der Waals surface area contributed by atoms with Gasteiger partial charge >= 0.3 is 0 Å². The first kappa shape index (κ1) is 12.0. The Kier molecular flexibility index (Phi) is 3.66. The second-order valence-corrected chi connectivity index (χ2v) is 4.85. The quantitative estimate of drug-likeness (QED) is 0.855. The molecule has 0 aliphatic carbocycles. The summed E-state index contributed by atoms with van der Waals surface area (Å²) >= 11 is 0. The lowest BCUT2D eigenvalue weighted by molar-refractivity contribution is -0.130. The van der Waals surface area contributed by atoms with Crippen LogP contribution in [0.3, 0.4) is 0 Å². The highest BCUT2D eigenvalue weighted by Crippen LogP contribution is 2.17.